The molecule has 0 aliphatic carbocycles. The van der Waals surface area contributed by atoms with Crippen molar-refractivity contribution in [1.29, 1.82) is 0 Å². The quantitative estimate of drug-likeness (QED) is 0.798. The van der Waals surface area contributed by atoms with Crippen LogP contribution in [0.25, 0.3) is 17.8 Å². The van der Waals surface area contributed by atoms with Crippen LogP contribution in [-0.4, -0.2) is 27.6 Å². The van der Waals surface area contributed by atoms with Gasteiger partial charge < -0.3 is 9.84 Å². The van der Waals surface area contributed by atoms with E-state index in [1.807, 2.05) is 30.3 Å². The molecule has 0 saturated heterocycles. The van der Waals surface area contributed by atoms with Crippen molar-refractivity contribution < 1.29 is 14.6 Å². The monoisotopic (exact) mass is 322 g/mol. The van der Waals surface area contributed by atoms with Crippen LogP contribution in [-0.2, 0) is 0 Å². The maximum Gasteiger partial charge on any atom is 0.337 e. The number of nitrogens with zero attached hydrogens (tertiary/aromatic N) is 2. The molecular weight excluding hydrogens is 308 g/mol. The molecule has 120 valence electrons. The van der Waals surface area contributed by atoms with Gasteiger partial charge in [-0.05, 0) is 30.4 Å². The Labute approximate surface area is 137 Å². The predicted molar refractivity (Wildman–Crippen MR) is 90.3 cm³/mol. The fraction of sp³-hybridized carbons (Fsp3) is 0.0556. The number of carboxylic acids is 1. The molecule has 0 unspecified atom stereocenters. The smallest absolute Gasteiger partial charge is 0.337 e. The zero-order valence-corrected chi connectivity index (χ0v) is 12.8. The number of para-hydroxylation sites is 1. The van der Waals surface area contributed by atoms with Crippen molar-refractivity contribution in [2.75, 3.05) is 7.11 Å². The van der Waals surface area contributed by atoms with E-state index in [2.05, 4.69) is 4.98 Å². The first kappa shape index (κ1) is 15.5. The van der Waals surface area contributed by atoms with E-state index in [-0.39, 0.29) is 11.1 Å². The summed E-state index contributed by atoms with van der Waals surface area (Å²) in [7, 11) is 1.59. The molecule has 3 aromatic rings. The molecule has 0 aliphatic rings. The van der Waals surface area contributed by atoms with Crippen LogP contribution in [0, 0.1) is 0 Å². The van der Waals surface area contributed by atoms with Crippen LogP contribution in [0.4, 0.5) is 0 Å². The lowest BCUT2D eigenvalue weighted by molar-refractivity contribution is 0.0696. The van der Waals surface area contributed by atoms with Crippen molar-refractivity contribution in [1.82, 2.24) is 9.38 Å². The summed E-state index contributed by atoms with van der Waals surface area (Å²) in [6.07, 6.45) is 4.79. The van der Waals surface area contributed by atoms with Crippen molar-refractivity contribution in [3.63, 3.8) is 0 Å². The molecule has 24 heavy (non-hydrogen) atoms. The van der Waals surface area contributed by atoms with Gasteiger partial charge >= 0.3 is 5.97 Å². The largest absolute Gasteiger partial charge is 0.496 e. The van der Waals surface area contributed by atoms with E-state index in [0.29, 0.717) is 11.3 Å². The lowest BCUT2D eigenvalue weighted by atomic mass is 10.1. The van der Waals surface area contributed by atoms with E-state index in [1.165, 1.54) is 28.8 Å². The minimum absolute atomic E-state index is 0.0312. The summed E-state index contributed by atoms with van der Waals surface area (Å²) in [4.78, 5) is 27.5. The number of ether oxygens (including phenoxy) is 1. The van der Waals surface area contributed by atoms with E-state index in [9.17, 15) is 9.59 Å². The highest BCUT2D eigenvalue weighted by Crippen LogP contribution is 2.19. The number of carboxylic acid groups (broad SMARTS) is 1. The highest BCUT2D eigenvalue weighted by Gasteiger charge is 2.06. The van der Waals surface area contributed by atoms with Crippen LogP contribution >= 0.6 is 0 Å². The molecule has 0 spiro atoms. The highest BCUT2D eigenvalue weighted by atomic mass is 16.5. The Morgan fingerprint density at radius 1 is 1.21 bits per heavy atom. The number of methoxy groups -OCH3 is 1. The van der Waals surface area contributed by atoms with E-state index >= 15 is 0 Å². The van der Waals surface area contributed by atoms with Gasteiger partial charge in [-0.15, -0.1) is 0 Å². The maximum absolute atomic E-state index is 12.2. The second-order valence-corrected chi connectivity index (χ2v) is 5.05. The number of hydrogen-bond donors (Lipinski definition) is 1. The van der Waals surface area contributed by atoms with Gasteiger partial charge in [-0.1, -0.05) is 18.2 Å². The number of benzene rings is 1. The van der Waals surface area contributed by atoms with Gasteiger partial charge in [0.15, 0.2) is 0 Å². The van der Waals surface area contributed by atoms with Crippen molar-refractivity contribution >= 4 is 23.8 Å². The summed E-state index contributed by atoms with van der Waals surface area (Å²) >= 11 is 0. The van der Waals surface area contributed by atoms with Gasteiger partial charge in [-0.3, -0.25) is 9.20 Å². The summed E-state index contributed by atoms with van der Waals surface area (Å²) in [6.45, 7) is 0. The fourth-order valence-electron chi connectivity index (χ4n) is 2.31. The van der Waals surface area contributed by atoms with E-state index < -0.39 is 5.97 Å². The molecule has 6 heteroatoms. The number of carbonyl (C=O) groups is 1. The Morgan fingerprint density at radius 2 is 2.00 bits per heavy atom. The second kappa shape index (κ2) is 6.37. The fourth-order valence-corrected chi connectivity index (χ4v) is 2.31. The summed E-state index contributed by atoms with van der Waals surface area (Å²) in [5.41, 5.74) is 1.41. The average molecular weight is 322 g/mol. The first-order valence-electron chi connectivity index (χ1n) is 7.16. The Balaban J connectivity index is 2.02. The third-order valence-corrected chi connectivity index (χ3v) is 3.50. The van der Waals surface area contributed by atoms with Crippen LogP contribution in [0.3, 0.4) is 0 Å². The molecule has 0 aliphatic heterocycles. The van der Waals surface area contributed by atoms with Gasteiger partial charge in [-0.2, -0.15) is 0 Å². The number of rotatable bonds is 4. The minimum atomic E-state index is -1.09. The number of aromatic carboxylic acids is 1. The molecule has 2 aromatic heterocycles. The van der Waals surface area contributed by atoms with Crippen LogP contribution < -0.4 is 10.3 Å². The second-order valence-electron chi connectivity index (χ2n) is 5.05. The van der Waals surface area contributed by atoms with Crippen molar-refractivity contribution in [2.24, 2.45) is 0 Å². The van der Waals surface area contributed by atoms with Crippen LogP contribution in [0.1, 0.15) is 21.6 Å². The van der Waals surface area contributed by atoms with E-state index in [0.717, 1.165) is 11.3 Å². The predicted octanol–water partition coefficient (Wildman–Crippen LogP) is 2.57. The molecule has 1 N–H and O–H groups in total. The van der Waals surface area contributed by atoms with Gasteiger partial charge in [0, 0.05) is 17.8 Å². The highest BCUT2D eigenvalue weighted by molar-refractivity contribution is 5.87. The molecule has 0 amide bonds. The van der Waals surface area contributed by atoms with Crippen LogP contribution in [0.15, 0.2) is 53.5 Å². The lowest BCUT2D eigenvalue weighted by Gasteiger charge is -2.04. The van der Waals surface area contributed by atoms with Gasteiger partial charge in [0.05, 0.1) is 18.4 Å². The molecule has 0 bridgehead atoms. The number of aromatic nitrogens is 2. The Bertz CT molecular complexity index is 1010. The van der Waals surface area contributed by atoms with Gasteiger partial charge in [0.25, 0.3) is 5.56 Å². The normalized spacial score (nSPS) is 11.0. The Kier molecular flexibility index (Phi) is 4.11. The third kappa shape index (κ3) is 3.03. The summed E-state index contributed by atoms with van der Waals surface area (Å²) in [5, 5.41) is 8.99. The third-order valence-electron chi connectivity index (χ3n) is 3.50. The van der Waals surface area contributed by atoms with Crippen molar-refractivity contribution in [2.45, 2.75) is 0 Å². The molecule has 0 radical (unpaired) electrons. The molecule has 1 aromatic carbocycles. The topological polar surface area (TPSA) is 80.9 Å². The van der Waals surface area contributed by atoms with Crippen LogP contribution in [0.5, 0.6) is 5.75 Å². The van der Waals surface area contributed by atoms with E-state index in [1.54, 1.807) is 13.2 Å². The minimum Gasteiger partial charge on any atom is -0.496 e. The number of hydrogen-bond acceptors (Lipinski definition) is 4. The van der Waals surface area contributed by atoms with Crippen molar-refractivity contribution in [3.05, 3.63) is 75.8 Å². The zero-order valence-electron chi connectivity index (χ0n) is 12.8. The van der Waals surface area contributed by atoms with Gasteiger partial charge in [-0.25, -0.2) is 9.78 Å². The molecule has 3 rings (SSSR count). The Hall–Kier alpha value is -3.41. The van der Waals surface area contributed by atoms with Crippen molar-refractivity contribution in [3.8, 4) is 5.75 Å². The SMILES string of the molecule is COc1ccccc1/C=C/c1cc(=O)n2cc(C(=O)O)ccc2n1. The number of pyridine rings is 1. The molecule has 6 nitrogen and oxygen atoms in total. The molecular formula is C18H14N2O4. The molecule has 2 heterocycles. The van der Waals surface area contributed by atoms with Gasteiger partial charge in [0.1, 0.15) is 11.4 Å². The number of fused-ring (bicyclic) bond motifs is 1. The zero-order chi connectivity index (χ0) is 17.1. The molecule has 0 saturated carbocycles. The molecule has 0 fully saturated rings. The Morgan fingerprint density at radius 3 is 2.75 bits per heavy atom. The summed E-state index contributed by atoms with van der Waals surface area (Å²) < 4.78 is 6.48. The van der Waals surface area contributed by atoms with E-state index in [4.69, 9.17) is 9.84 Å². The standard InChI is InChI=1S/C18H14N2O4/c1-24-15-5-3-2-4-12(15)6-8-14-10-17(21)20-11-13(18(22)23)7-9-16(20)19-14/h2-11H,1H3,(H,22,23)/b8-6+. The maximum atomic E-state index is 12.2. The molecule has 0 atom stereocenters. The summed E-state index contributed by atoms with van der Waals surface area (Å²) in [5.74, 6) is -0.374. The average Bonchev–Trinajstić information content (AvgIpc) is 2.59. The summed E-state index contributed by atoms with van der Waals surface area (Å²) in [6, 6.07) is 11.8. The van der Waals surface area contributed by atoms with Crippen LogP contribution in [0.2, 0.25) is 0 Å². The first-order chi connectivity index (χ1) is 11.6. The lowest BCUT2D eigenvalue weighted by Crippen LogP contribution is -2.15. The van der Waals surface area contributed by atoms with Gasteiger partial charge in [0.2, 0.25) is 0 Å². The first-order valence-corrected chi connectivity index (χ1v) is 7.16.